The van der Waals surface area contributed by atoms with Crippen molar-refractivity contribution in [3.05, 3.63) is 59.7 Å². The van der Waals surface area contributed by atoms with Crippen LogP contribution in [-0.2, 0) is 10.2 Å². The summed E-state index contributed by atoms with van der Waals surface area (Å²) in [5.74, 6) is -0.139. The van der Waals surface area contributed by atoms with Crippen LogP contribution in [0.4, 0.5) is 16.2 Å². The number of hydrogen-bond acceptors (Lipinski definition) is 2. The molecule has 1 atom stereocenters. The lowest BCUT2D eigenvalue weighted by molar-refractivity contribution is -0.119. The Bertz CT molecular complexity index is 836. The van der Waals surface area contributed by atoms with Crippen molar-refractivity contribution in [1.82, 2.24) is 4.90 Å². The molecule has 5 heteroatoms. The maximum atomic E-state index is 12.8. The number of aryl methyl sites for hydroxylation is 1. The van der Waals surface area contributed by atoms with Crippen LogP contribution in [0.1, 0.15) is 44.7 Å². The summed E-state index contributed by atoms with van der Waals surface area (Å²) < 4.78 is 0. The van der Waals surface area contributed by atoms with Gasteiger partial charge in [0.15, 0.2) is 0 Å². The maximum absolute atomic E-state index is 12.8. The molecule has 1 aliphatic heterocycles. The molecule has 3 rings (SSSR count). The minimum atomic E-state index is -0.451. The fraction of sp³-hybridized carbons (Fsp3) is 0.391. The Morgan fingerprint density at radius 1 is 0.929 bits per heavy atom. The third kappa shape index (κ3) is 4.71. The average Bonchev–Trinajstić information content (AvgIpc) is 3.13. The molecule has 0 radical (unpaired) electrons. The van der Waals surface area contributed by atoms with Crippen molar-refractivity contribution < 1.29 is 9.59 Å². The van der Waals surface area contributed by atoms with Gasteiger partial charge in [-0.1, -0.05) is 50.6 Å². The highest BCUT2D eigenvalue weighted by Gasteiger charge is 2.34. The average molecular weight is 380 g/mol. The molecule has 3 amide bonds. The van der Waals surface area contributed by atoms with Crippen LogP contribution in [0.5, 0.6) is 0 Å². The Balaban J connectivity index is 1.64. The zero-order valence-electron chi connectivity index (χ0n) is 17.1. The van der Waals surface area contributed by atoms with Crippen molar-refractivity contribution in [3.63, 3.8) is 0 Å². The predicted molar refractivity (Wildman–Crippen MR) is 114 cm³/mol. The Morgan fingerprint density at radius 2 is 1.50 bits per heavy atom. The van der Waals surface area contributed by atoms with E-state index < -0.39 is 6.04 Å². The summed E-state index contributed by atoms with van der Waals surface area (Å²) in [6.45, 7) is 9.05. The fourth-order valence-electron chi connectivity index (χ4n) is 3.39. The highest BCUT2D eigenvalue weighted by molar-refractivity contribution is 5.99. The van der Waals surface area contributed by atoms with Gasteiger partial charge in [-0.3, -0.25) is 4.79 Å². The topological polar surface area (TPSA) is 61.4 Å². The lowest BCUT2D eigenvalue weighted by Gasteiger charge is -2.24. The van der Waals surface area contributed by atoms with E-state index in [2.05, 4.69) is 31.4 Å². The van der Waals surface area contributed by atoms with Crippen LogP contribution >= 0.6 is 0 Å². The molecule has 1 aliphatic rings. The van der Waals surface area contributed by atoms with Crippen LogP contribution in [0, 0.1) is 6.92 Å². The van der Waals surface area contributed by atoms with E-state index in [0.29, 0.717) is 13.0 Å². The van der Waals surface area contributed by atoms with Crippen LogP contribution in [0.15, 0.2) is 48.5 Å². The zero-order valence-corrected chi connectivity index (χ0v) is 17.1. The fourth-order valence-corrected chi connectivity index (χ4v) is 3.39. The number of likely N-dealkylation sites (tertiary alicyclic amines) is 1. The number of hydrogen-bond donors (Lipinski definition) is 2. The van der Waals surface area contributed by atoms with E-state index in [1.807, 2.05) is 55.5 Å². The first-order chi connectivity index (χ1) is 13.2. The molecule has 0 spiro atoms. The summed E-state index contributed by atoms with van der Waals surface area (Å²) in [5.41, 5.74) is 3.90. The standard InChI is InChI=1S/C23H29N3O2/c1-16-7-11-19(12-8-16)25-22(28)26-15-5-6-20(26)21(27)24-18-13-9-17(10-14-18)23(2,3)4/h7-14,20H,5-6,15H2,1-4H3,(H,24,27)(H,25,28). The van der Waals surface area contributed by atoms with Gasteiger partial charge in [-0.05, 0) is 55.0 Å². The minimum Gasteiger partial charge on any atom is -0.324 e. The molecule has 1 fully saturated rings. The van der Waals surface area contributed by atoms with Crippen molar-refractivity contribution in [2.75, 3.05) is 17.2 Å². The summed E-state index contributed by atoms with van der Waals surface area (Å²) in [7, 11) is 0. The quantitative estimate of drug-likeness (QED) is 0.794. The second-order valence-electron chi connectivity index (χ2n) is 8.46. The van der Waals surface area contributed by atoms with Crippen LogP contribution in [0.3, 0.4) is 0 Å². The van der Waals surface area contributed by atoms with Gasteiger partial charge in [0.05, 0.1) is 0 Å². The summed E-state index contributed by atoms with van der Waals surface area (Å²) in [6, 6.07) is 14.9. The molecule has 2 aromatic carbocycles. The molecule has 0 saturated carbocycles. The number of nitrogens with zero attached hydrogens (tertiary/aromatic N) is 1. The Kier molecular flexibility index (Phi) is 5.73. The van der Waals surface area contributed by atoms with Crippen LogP contribution < -0.4 is 10.6 Å². The van der Waals surface area contributed by atoms with Crippen molar-refractivity contribution in [3.8, 4) is 0 Å². The second-order valence-corrected chi connectivity index (χ2v) is 8.46. The van der Waals surface area contributed by atoms with E-state index in [0.717, 1.165) is 23.4 Å². The molecule has 2 N–H and O–H groups in total. The number of anilines is 2. The number of rotatable bonds is 3. The summed E-state index contributed by atoms with van der Waals surface area (Å²) in [5, 5.41) is 5.85. The number of nitrogens with one attached hydrogen (secondary N) is 2. The molecule has 0 aromatic heterocycles. The molecule has 1 saturated heterocycles. The maximum Gasteiger partial charge on any atom is 0.322 e. The molecule has 1 heterocycles. The lowest BCUT2D eigenvalue weighted by atomic mass is 9.87. The number of urea groups is 1. The Labute approximate surface area is 167 Å². The largest absolute Gasteiger partial charge is 0.324 e. The van der Waals surface area contributed by atoms with Gasteiger partial charge in [0.2, 0.25) is 5.91 Å². The van der Waals surface area contributed by atoms with E-state index in [-0.39, 0.29) is 17.4 Å². The lowest BCUT2D eigenvalue weighted by Crippen LogP contribution is -2.45. The van der Waals surface area contributed by atoms with Crippen molar-refractivity contribution in [1.29, 1.82) is 0 Å². The monoisotopic (exact) mass is 379 g/mol. The molecular formula is C23H29N3O2. The van der Waals surface area contributed by atoms with Gasteiger partial charge in [0.1, 0.15) is 6.04 Å². The molecule has 0 aliphatic carbocycles. The van der Waals surface area contributed by atoms with Gasteiger partial charge in [-0.15, -0.1) is 0 Å². The van der Waals surface area contributed by atoms with Gasteiger partial charge in [0, 0.05) is 17.9 Å². The zero-order chi connectivity index (χ0) is 20.3. The predicted octanol–water partition coefficient (Wildman–Crippen LogP) is 4.93. The Morgan fingerprint density at radius 3 is 2.11 bits per heavy atom. The highest BCUT2D eigenvalue weighted by atomic mass is 16.2. The van der Waals surface area contributed by atoms with Crippen molar-refractivity contribution >= 4 is 23.3 Å². The van der Waals surface area contributed by atoms with Crippen LogP contribution in [-0.4, -0.2) is 29.4 Å². The van der Waals surface area contributed by atoms with E-state index in [9.17, 15) is 9.59 Å². The smallest absolute Gasteiger partial charge is 0.322 e. The van der Waals surface area contributed by atoms with Gasteiger partial charge in [-0.2, -0.15) is 0 Å². The van der Waals surface area contributed by atoms with Crippen molar-refractivity contribution in [2.45, 2.75) is 52.0 Å². The van der Waals surface area contributed by atoms with Crippen LogP contribution in [0.2, 0.25) is 0 Å². The summed E-state index contributed by atoms with van der Waals surface area (Å²) in [6.07, 6.45) is 1.50. The highest BCUT2D eigenvalue weighted by Crippen LogP contribution is 2.25. The molecule has 1 unspecified atom stereocenters. The number of benzene rings is 2. The first-order valence-corrected chi connectivity index (χ1v) is 9.80. The molecule has 0 bridgehead atoms. The third-order valence-corrected chi connectivity index (χ3v) is 5.14. The minimum absolute atomic E-state index is 0.0683. The van der Waals surface area contributed by atoms with Gasteiger partial charge < -0.3 is 15.5 Å². The van der Waals surface area contributed by atoms with E-state index in [1.165, 1.54) is 5.56 Å². The first kappa shape index (κ1) is 19.9. The summed E-state index contributed by atoms with van der Waals surface area (Å²) >= 11 is 0. The van der Waals surface area contributed by atoms with E-state index in [4.69, 9.17) is 0 Å². The molecule has 148 valence electrons. The normalized spacial score (nSPS) is 16.7. The number of carbonyl (C=O) groups excluding carboxylic acids is 2. The Hall–Kier alpha value is -2.82. The third-order valence-electron chi connectivity index (χ3n) is 5.14. The number of amides is 3. The molecule has 5 nitrogen and oxygen atoms in total. The van der Waals surface area contributed by atoms with Gasteiger partial charge in [-0.25, -0.2) is 4.79 Å². The van der Waals surface area contributed by atoms with Crippen molar-refractivity contribution in [2.24, 2.45) is 0 Å². The number of carbonyl (C=O) groups is 2. The van der Waals surface area contributed by atoms with Gasteiger partial charge >= 0.3 is 6.03 Å². The molecule has 28 heavy (non-hydrogen) atoms. The van der Waals surface area contributed by atoms with Crippen LogP contribution in [0.25, 0.3) is 0 Å². The molecular weight excluding hydrogens is 350 g/mol. The van der Waals surface area contributed by atoms with E-state index >= 15 is 0 Å². The van der Waals surface area contributed by atoms with Gasteiger partial charge in [0.25, 0.3) is 0 Å². The second kappa shape index (κ2) is 8.05. The summed E-state index contributed by atoms with van der Waals surface area (Å²) in [4.78, 5) is 27.1. The SMILES string of the molecule is Cc1ccc(NC(=O)N2CCCC2C(=O)Nc2ccc(C(C)(C)C)cc2)cc1. The first-order valence-electron chi connectivity index (χ1n) is 9.80. The molecule has 2 aromatic rings. The van der Waals surface area contributed by atoms with E-state index in [1.54, 1.807) is 4.90 Å².